The van der Waals surface area contributed by atoms with Gasteiger partial charge < -0.3 is 9.80 Å². The molecule has 0 aliphatic heterocycles. The molecular weight excluding hydrogens is 301 g/mol. The van der Waals surface area contributed by atoms with Crippen LogP contribution in [0.5, 0.6) is 0 Å². The molecule has 5 nitrogen and oxygen atoms in total. The van der Waals surface area contributed by atoms with Gasteiger partial charge in [0.1, 0.15) is 17.4 Å². The highest BCUT2D eigenvalue weighted by Crippen LogP contribution is 2.18. The Bertz CT molecular complexity index is 506. The van der Waals surface area contributed by atoms with Crippen molar-refractivity contribution < 1.29 is 9.59 Å². The summed E-state index contributed by atoms with van der Waals surface area (Å²) in [4.78, 5) is 31.0. The minimum atomic E-state index is -0.394. The first kappa shape index (κ1) is 16.7. The molecule has 0 spiro atoms. The van der Waals surface area contributed by atoms with Gasteiger partial charge in [-0.05, 0) is 18.6 Å². The zero-order valence-electron chi connectivity index (χ0n) is 11.7. The fourth-order valence-corrected chi connectivity index (χ4v) is 1.88. The summed E-state index contributed by atoms with van der Waals surface area (Å²) in [6, 6.07) is 3.03. The van der Waals surface area contributed by atoms with Gasteiger partial charge in [-0.15, -0.1) is 0 Å². The largest absolute Gasteiger partial charge is 0.347 e. The van der Waals surface area contributed by atoms with E-state index in [1.165, 1.54) is 21.9 Å². The zero-order valence-corrected chi connectivity index (χ0v) is 13.2. The van der Waals surface area contributed by atoms with Crippen LogP contribution in [-0.4, -0.2) is 53.8 Å². The second-order valence-electron chi connectivity index (χ2n) is 4.48. The van der Waals surface area contributed by atoms with Gasteiger partial charge in [-0.3, -0.25) is 9.59 Å². The summed E-state index contributed by atoms with van der Waals surface area (Å²) in [6.07, 6.45) is 0.727. The van der Waals surface area contributed by atoms with E-state index in [1.54, 1.807) is 14.1 Å². The van der Waals surface area contributed by atoms with Crippen LogP contribution in [0, 0.1) is 0 Å². The smallest absolute Gasteiger partial charge is 0.274 e. The van der Waals surface area contributed by atoms with Crippen molar-refractivity contribution in [3.63, 3.8) is 0 Å². The van der Waals surface area contributed by atoms with E-state index >= 15 is 0 Å². The normalized spacial score (nSPS) is 10.2. The molecule has 0 N–H and O–H groups in total. The molecule has 2 amide bonds. The van der Waals surface area contributed by atoms with Crippen molar-refractivity contribution in [1.82, 2.24) is 14.8 Å². The van der Waals surface area contributed by atoms with Crippen molar-refractivity contribution in [2.45, 2.75) is 13.3 Å². The number of likely N-dealkylation sites (N-methyl/N-ethyl adjacent to an activating group) is 1. The number of halogens is 2. The fourth-order valence-electron chi connectivity index (χ4n) is 1.55. The van der Waals surface area contributed by atoms with Gasteiger partial charge in [-0.25, -0.2) is 4.98 Å². The minimum absolute atomic E-state index is 0.00973. The molecule has 0 aliphatic rings. The number of hydrogen-bond donors (Lipinski definition) is 0. The Labute approximate surface area is 128 Å². The molecule has 1 heterocycles. The lowest BCUT2D eigenvalue weighted by Gasteiger charge is -2.23. The van der Waals surface area contributed by atoms with Crippen LogP contribution in [0.4, 0.5) is 0 Å². The number of amides is 2. The van der Waals surface area contributed by atoms with E-state index in [1.807, 2.05) is 6.92 Å². The van der Waals surface area contributed by atoms with Crippen LogP contribution in [0.15, 0.2) is 12.1 Å². The number of carbonyl (C=O) groups excluding carboxylic acids is 2. The van der Waals surface area contributed by atoms with E-state index in [2.05, 4.69) is 4.98 Å². The van der Waals surface area contributed by atoms with Crippen LogP contribution in [-0.2, 0) is 4.79 Å². The van der Waals surface area contributed by atoms with Crippen LogP contribution in [0.1, 0.15) is 23.8 Å². The van der Waals surface area contributed by atoms with E-state index in [9.17, 15) is 9.59 Å². The molecule has 7 heteroatoms. The Hall–Kier alpha value is -1.33. The van der Waals surface area contributed by atoms with Gasteiger partial charge in [0.15, 0.2) is 0 Å². The molecule has 1 rings (SSSR count). The number of pyridine rings is 1. The second kappa shape index (κ2) is 7.45. The summed E-state index contributed by atoms with van der Waals surface area (Å²) in [5.74, 6) is -0.556. The van der Waals surface area contributed by atoms with E-state index in [0.717, 1.165) is 6.42 Å². The summed E-state index contributed by atoms with van der Waals surface area (Å²) >= 11 is 11.8. The lowest BCUT2D eigenvalue weighted by atomic mass is 10.3. The van der Waals surface area contributed by atoms with Gasteiger partial charge in [0.25, 0.3) is 5.91 Å². The molecule has 0 saturated carbocycles. The first-order valence-corrected chi connectivity index (χ1v) is 6.93. The van der Waals surface area contributed by atoms with Gasteiger partial charge in [0.2, 0.25) is 5.91 Å². The first-order valence-electron chi connectivity index (χ1n) is 6.18. The third-order valence-corrected chi connectivity index (χ3v) is 3.14. The number of aromatic nitrogens is 1. The van der Waals surface area contributed by atoms with Crippen molar-refractivity contribution in [1.29, 1.82) is 0 Å². The van der Waals surface area contributed by atoms with E-state index in [-0.39, 0.29) is 28.3 Å². The molecule has 0 atom stereocenters. The van der Waals surface area contributed by atoms with Crippen molar-refractivity contribution in [3.8, 4) is 0 Å². The van der Waals surface area contributed by atoms with Crippen LogP contribution in [0.25, 0.3) is 0 Å². The maximum Gasteiger partial charge on any atom is 0.274 e. The monoisotopic (exact) mass is 317 g/mol. The van der Waals surface area contributed by atoms with Gasteiger partial charge in [-0.1, -0.05) is 30.1 Å². The van der Waals surface area contributed by atoms with Crippen LogP contribution >= 0.6 is 23.2 Å². The number of nitrogens with zero attached hydrogens (tertiary/aromatic N) is 3. The molecule has 0 bridgehead atoms. The molecule has 0 aliphatic carbocycles. The van der Waals surface area contributed by atoms with Gasteiger partial charge in [0.05, 0.1) is 5.02 Å². The summed E-state index contributed by atoms with van der Waals surface area (Å²) in [6.45, 7) is 2.36. The molecular formula is C13H17Cl2N3O2. The highest BCUT2D eigenvalue weighted by Gasteiger charge is 2.22. The Balaban J connectivity index is 2.99. The van der Waals surface area contributed by atoms with Gasteiger partial charge >= 0.3 is 0 Å². The fraction of sp³-hybridized carbons (Fsp3) is 0.462. The van der Waals surface area contributed by atoms with E-state index in [4.69, 9.17) is 23.2 Å². The number of hydrogen-bond acceptors (Lipinski definition) is 3. The predicted octanol–water partition coefficient (Wildman–Crippen LogP) is 2.33. The van der Waals surface area contributed by atoms with Crippen LogP contribution < -0.4 is 0 Å². The molecule has 20 heavy (non-hydrogen) atoms. The Morgan fingerprint density at radius 1 is 1.25 bits per heavy atom. The molecule has 0 radical (unpaired) electrons. The summed E-state index contributed by atoms with van der Waals surface area (Å²) in [5.41, 5.74) is 0.0687. The lowest BCUT2D eigenvalue weighted by molar-refractivity contribution is -0.129. The molecule has 1 aromatic heterocycles. The second-order valence-corrected chi connectivity index (χ2v) is 5.27. The predicted molar refractivity (Wildman–Crippen MR) is 79.1 cm³/mol. The van der Waals surface area contributed by atoms with Crippen molar-refractivity contribution in [2.75, 3.05) is 27.2 Å². The lowest BCUT2D eigenvalue weighted by Crippen LogP contribution is -2.41. The van der Waals surface area contributed by atoms with E-state index < -0.39 is 5.91 Å². The van der Waals surface area contributed by atoms with Crippen LogP contribution in [0.2, 0.25) is 10.2 Å². The molecule has 0 saturated heterocycles. The van der Waals surface area contributed by atoms with Gasteiger partial charge in [-0.2, -0.15) is 0 Å². The van der Waals surface area contributed by atoms with Gasteiger partial charge in [0, 0.05) is 20.6 Å². The maximum absolute atomic E-state index is 12.4. The topological polar surface area (TPSA) is 53.5 Å². The van der Waals surface area contributed by atoms with E-state index in [0.29, 0.717) is 6.54 Å². The van der Waals surface area contributed by atoms with Crippen molar-refractivity contribution in [2.24, 2.45) is 0 Å². The molecule has 110 valence electrons. The molecule has 0 aromatic carbocycles. The first-order chi connectivity index (χ1) is 9.36. The minimum Gasteiger partial charge on any atom is -0.347 e. The summed E-state index contributed by atoms with van der Waals surface area (Å²) in [7, 11) is 3.28. The number of rotatable bonds is 5. The molecule has 0 fully saturated rings. The third kappa shape index (κ3) is 4.35. The average Bonchev–Trinajstić information content (AvgIpc) is 2.40. The van der Waals surface area contributed by atoms with Crippen LogP contribution in [0.3, 0.4) is 0 Å². The Morgan fingerprint density at radius 2 is 1.90 bits per heavy atom. The number of carbonyl (C=O) groups is 2. The quantitative estimate of drug-likeness (QED) is 0.783. The highest BCUT2D eigenvalue weighted by molar-refractivity contribution is 6.34. The summed E-state index contributed by atoms with van der Waals surface area (Å²) in [5, 5.41) is 0.408. The molecule has 0 unspecified atom stereocenters. The maximum atomic E-state index is 12.4. The van der Waals surface area contributed by atoms with Crippen molar-refractivity contribution in [3.05, 3.63) is 28.0 Å². The summed E-state index contributed by atoms with van der Waals surface area (Å²) < 4.78 is 0. The SMILES string of the molecule is CCCN(CC(=O)N(C)C)C(=O)c1nc(Cl)ccc1Cl. The Morgan fingerprint density at radius 3 is 2.45 bits per heavy atom. The highest BCUT2D eigenvalue weighted by atomic mass is 35.5. The molecule has 1 aromatic rings. The average molecular weight is 318 g/mol. The Kier molecular flexibility index (Phi) is 6.23. The zero-order chi connectivity index (χ0) is 15.3. The third-order valence-electron chi connectivity index (χ3n) is 2.62. The standard InChI is InChI=1S/C13H17Cl2N3O2/c1-4-7-18(8-11(19)17(2)3)13(20)12-9(14)5-6-10(15)16-12/h5-6H,4,7-8H2,1-3H3. The van der Waals surface area contributed by atoms with Crippen molar-refractivity contribution >= 4 is 35.0 Å².